The van der Waals surface area contributed by atoms with E-state index in [4.69, 9.17) is 4.84 Å². The molecule has 0 saturated carbocycles. The number of hydrogen-bond donors (Lipinski definition) is 2. The predicted molar refractivity (Wildman–Crippen MR) is 95.6 cm³/mol. The minimum Gasteiger partial charge on any atom is -0.352 e. The van der Waals surface area contributed by atoms with Gasteiger partial charge in [0.15, 0.2) is 0 Å². The zero-order valence-corrected chi connectivity index (χ0v) is 15.4. The second-order valence-electron chi connectivity index (χ2n) is 5.77. The van der Waals surface area contributed by atoms with E-state index < -0.39 is 11.7 Å². The van der Waals surface area contributed by atoms with Crippen LogP contribution in [0.15, 0.2) is 27.5 Å². The maximum Gasteiger partial charge on any atom is 0.278 e. The van der Waals surface area contributed by atoms with Gasteiger partial charge in [-0.25, -0.2) is 9.87 Å². The average molecular weight is 410 g/mol. The topological polar surface area (TPSA) is 72.4 Å². The van der Waals surface area contributed by atoms with Gasteiger partial charge >= 0.3 is 0 Å². The Morgan fingerprint density at radius 1 is 1.40 bits per heavy atom. The highest BCUT2D eigenvalue weighted by atomic mass is 79.9. The molecule has 0 saturated heterocycles. The van der Waals surface area contributed by atoms with Crippen LogP contribution in [0.1, 0.15) is 28.0 Å². The number of rotatable bonds is 4. The number of carbonyl (C=O) groups is 1. The first kappa shape index (κ1) is 17.6. The Morgan fingerprint density at radius 3 is 2.84 bits per heavy atom. The molecule has 0 fully saturated rings. The van der Waals surface area contributed by atoms with Gasteiger partial charge < -0.3 is 9.88 Å². The molecule has 1 amide bonds. The van der Waals surface area contributed by atoms with E-state index in [1.807, 2.05) is 0 Å². The fourth-order valence-electron chi connectivity index (χ4n) is 3.07. The van der Waals surface area contributed by atoms with Crippen LogP contribution in [0.5, 0.6) is 0 Å². The number of hydrogen-bond acceptors (Lipinski definition) is 4. The summed E-state index contributed by atoms with van der Waals surface area (Å²) < 4.78 is 16.4. The molecule has 1 aromatic carbocycles. The van der Waals surface area contributed by atoms with Gasteiger partial charge in [-0.15, -0.1) is 0 Å². The van der Waals surface area contributed by atoms with E-state index in [2.05, 4.69) is 26.7 Å². The number of anilines is 2. The Hall–Kier alpha value is -2.19. The summed E-state index contributed by atoms with van der Waals surface area (Å²) in [7, 11) is 1.33. The fraction of sp³-hybridized carbons (Fsp3) is 0.294. The number of nitrogens with zero attached hydrogens (tertiary/aromatic N) is 1. The van der Waals surface area contributed by atoms with Gasteiger partial charge in [-0.2, -0.15) is 0 Å². The highest BCUT2D eigenvalue weighted by molar-refractivity contribution is 9.10. The number of nitrogens with one attached hydrogen (secondary N) is 2. The molecule has 2 N–H and O–H groups in total. The molecule has 6 nitrogen and oxygen atoms in total. The monoisotopic (exact) mass is 409 g/mol. The van der Waals surface area contributed by atoms with Crippen molar-refractivity contribution in [3.63, 3.8) is 0 Å². The molecular weight excluding hydrogens is 393 g/mol. The number of aromatic nitrogens is 1. The van der Waals surface area contributed by atoms with Crippen molar-refractivity contribution >= 4 is 33.2 Å². The molecule has 1 aliphatic heterocycles. The lowest BCUT2D eigenvalue weighted by Crippen LogP contribution is -2.31. The number of amides is 1. The van der Waals surface area contributed by atoms with Crippen molar-refractivity contribution < 1.29 is 14.0 Å². The van der Waals surface area contributed by atoms with Gasteiger partial charge in [-0.3, -0.25) is 14.4 Å². The highest BCUT2D eigenvalue weighted by Gasteiger charge is 2.27. The first-order chi connectivity index (χ1) is 11.9. The van der Waals surface area contributed by atoms with Crippen molar-refractivity contribution in [3.05, 3.63) is 55.7 Å². The maximum absolute atomic E-state index is 14.2. The van der Waals surface area contributed by atoms with Gasteiger partial charge in [0, 0.05) is 22.3 Å². The lowest BCUT2D eigenvalue weighted by Gasteiger charge is -2.19. The van der Waals surface area contributed by atoms with E-state index in [-0.39, 0.29) is 11.2 Å². The molecule has 3 rings (SSSR count). The minimum absolute atomic E-state index is 0.179. The number of halogens is 2. The Morgan fingerprint density at radius 2 is 2.16 bits per heavy atom. The first-order valence-electron chi connectivity index (χ1n) is 7.75. The van der Waals surface area contributed by atoms with E-state index in [1.165, 1.54) is 13.2 Å². The van der Waals surface area contributed by atoms with Crippen LogP contribution in [0.3, 0.4) is 0 Å². The smallest absolute Gasteiger partial charge is 0.278 e. The lowest BCUT2D eigenvalue weighted by molar-refractivity contribution is 0.0537. The van der Waals surface area contributed by atoms with Crippen LogP contribution in [-0.4, -0.2) is 17.6 Å². The molecule has 0 atom stereocenters. The Labute approximate surface area is 152 Å². The molecule has 25 heavy (non-hydrogen) atoms. The maximum atomic E-state index is 14.2. The van der Waals surface area contributed by atoms with Gasteiger partial charge in [0.2, 0.25) is 0 Å². The van der Waals surface area contributed by atoms with Crippen LogP contribution in [0.2, 0.25) is 0 Å². The molecule has 0 aliphatic carbocycles. The molecule has 0 radical (unpaired) electrons. The lowest BCUT2D eigenvalue weighted by atomic mass is 10.0. The number of benzene rings is 1. The SMILES string of the molecule is CONC(=O)c1c(Nc2ccc(Br)cc2F)c(C)c(=O)n2c1CCC2. The summed E-state index contributed by atoms with van der Waals surface area (Å²) in [5, 5.41) is 2.92. The van der Waals surface area contributed by atoms with Crippen LogP contribution in [-0.2, 0) is 17.8 Å². The summed E-state index contributed by atoms with van der Waals surface area (Å²) in [6, 6.07) is 4.53. The largest absolute Gasteiger partial charge is 0.352 e. The van der Waals surface area contributed by atoms with Crippen molar-refractivity contribution in [2.45, 2.75) is 26.3 Å². The van der Waals surface area contributed by atoms with Gasteiger partial charge in [-0.1, -0.05) is 15.9 Å². The van der Waals surface area contributed by atoms with Crippen LogP contribution in [0.4, 0.5) is 15.8 Å². The Kier molecular flexibility index (Phi) is 4.91. The Bertz CT molecular complexity index is 911. The van der Waals surface area contributed by atoms with Crippen LogP contribution in [0.25, 0.3) is 0 Å². The standard InChI is InChI=1S/C17H17BrFN3O3/c1-9-15(20-12-6-5-10(18)8-11(12)19)14(16(23)21-25-2)13-4-3-7-22(13)17(9)24/h5-6,8,20H,3-4,7H2,1-2H3,(H,21,23). The average Bonchev–Trinajstić information content (AvgIpc) is 3.04. The minimum atomic E-state index is -0.493. The zero-order chi connectivity index (χ0) is 18.1. The third-order valence-corrected chi connectivity index (χ3v) is 4.71. The third-order valence-electron chi connectivity index (χ3n) is 4.21. The summed E-state index contributed by atoms with van der Waals surface area (Å²) in [6.45, 7) is 2.19. The summed E-state index contributed by atoms with van der Waals surface area (Å²) in [4.78, 5) is 29.9. The molecule has 0 spiro atoms. The molecule has 1 aliphatic rings. The Balaban J connectivity index is 2.19. The summed E-state index contributed by atoms with van der Waals surface area (Å²) in [6.07, 6.45) is 1.37. The summed E-state index contributed by atoms with van der Waals surface area (Å²) in [5.74, 6) is -0.969. The van der Waals surface area contributed by atoms with Gasteiger partial charge in [0.1, 0.15) is 5.82 Å². The van der Waals surface area contributed by atoms with Gasteiger partial charge in [0.25, 0.3) is 11.5 Å². The summed E-state index contributed by atoms with van der Waals surface area (Å²) in [5.41, 5.74) is 3.88. The number of pyridine rings is 1. The second-order valence-corrected chi connectivity index (χ2v) is 6.68. The molecule has 2 aromatic rings. The molecule has 1 aromatic heterocycles. The highest BCUT2D eigenvalue weighted by Crippen LogP contribution is 2.31. The van der Waals surface area contributed by atoms with Crippen LogP contribution < -0.4 is 16.4 Å². The number of fused-ring (bicyclic) bond motifs is 1. The molecule has 132 valence electrons. The van der Waals surface area contributed by atoms with E-state index in [9.17, 15) is 14.0 Å². The van der Waals surface area contributed by atoms with Crippen molar-refractivity contribution in [2.24, 2.45) is 0 Å². The van der Waals surface area contributed by atoms with Crippen LogP contribution in [0, 0.1) is 12.7 Å². The van der Waals surface area contributed by atoms with Gasteiger partial charge in [0.05, 0.1) is 24.0 Å². The van der Waals surface area contributed by atoms with E-state index in [0.29, 0.717) is 39.9 Å². The van der Waals surface area contributed by atoms with E-state index in [0.717, 1.165) is 6.42 Å². The molecule has 0 bridgehead atoms. The number of carbonyl (C=O) groups excluding carboxylic acids is 1. The molecule has 8 heteroatoms. The molecule has 2 heterocycles. The van der Waals surface area contributed by atoms with Crippen LogP contribution >= 0.6 is 15.9 Å². The van der Waals surface area contributed by atoms with Crippen molar-refractivity contribution in [1.82, 2.24) is 10.0 Å². The van der Waals surface area contributed by atoms with Crippen molar-refractivity contribution in [1.29, 1.82) is 0 Å². The quantitative estimate of drug-likeness (QED) is 0.761. The zero-order valence-electron chi connectivity index (χ0n) is 13.8. The first-order valence-corrected chi connectivity index (χ1v) is 8.55. The van der Waals surface area contributed by atoms with E-state index >= 15 is 0 Å². The normalized spacial score (nSPS) is 12.8. The second kappa shape index (κ2) is 6.97. The fourth-order valence-corrected chi connectivity index (χ4v) is 3.40. The summed E-state index contributed by atoms with van der Waals surface area (Å²) >= 11 is 3.20. The molecular formula is C17H17BrFN3O3. The third kappa shape index (κ3) is 3.19. The van der Waals surface area contributed by atoms with Crippen molar-refractivity contribution in [3.8, 4) is 0 Å². The van der Waals surface area contributed by atoms with E-state index in [1.54, 1.807) is 23.6 Å². The number of hydroxylamine groups is 1. The van der Waals surface area contributed by atoms with Crippen molar-refractivity contribution in [2.75, 3.05) is 12.4 Å². The molecule has 0 unspecified atom stereocenters. The predicted octanol–water partition coefficient (Wildman–Crippen LogP) is 3.04. The van der Waals surface area contributed by atoms with Gasteiger partial charge in [-0.05, 0) is 38.0 Å².